The van der Waals surface area contributed by atoms with Gasteiger partial charge in [0.1, 0.15) is 0 Å². The minimum Gasteiger partial charge on any atom is -0.396 e. The summed E-state index contributed by atoms with van der Waals surface area (Å²) in [6, 6.07) is 12.1. The predicted molar refractivity (Wildman–Crippen MR) is 129 cm³/mol. The van der Waals surface area contributed by atoms with Gasteiger partial charge in [0, 0.05) is 25.4 Å². The molecule has 0 saturated heterocycles. The van der Waals surface area contributed by atoms with Crippen LogP contribution >= 0.6 is 0 Å². The van der Waals surface area contributed by atoms with Crippen LogP contribution in [0.25, 0.3) is 0 Å². The molecule has 1 aromatic carbocycles. The first-order valence-electron chi connectivity index (χ1n) is 11.3. The number of benzene rings is 1. The van der Waals surface area contributed by atoms with Gasteiger partial charge in [-0.2, -0.15) is 0 Å². The zero-order chi connectivity index (χ0) is 21.4. The molecule has 0 unspecified atom stereocenters. The summed E-state index contributed by atoms with van der Waals surface area (Å²) in [7, 11) is -3.83. The van der Waals surface area contributed by atoms with E-state index in [1.54, 1.807) is 0 Å². The van der Waals surface area contributed by atoms with Crippen LogP contribution in [0.3, 0.4) is 0 Å². The first-order chi connectivity index (χ1) is 13.2. The van der Waals surface area contributed by atoms with E-state index in [0.717, 1.165) is 32.2 Å². The molecule has 0 radical (unpaired) electrons. The summed E-state index contributed by atoms with van der Waals surface area (Å²) in [4.78, 5) is 0. The molecule has 3 nitrogen and oxygen atoms in total. The molecule has 1 aromatic rings. The molecule has 0 atom stereocenters. The van der Waals surface area contributed by atoms with Gasteiger partial charge in [0.05, 0.1) is 0 Å². The van der Waals surface area contributed by atoms with Crippen LogP contribution in [-0.4, -0.2) is 36.6 Å². The SMILES string of the molecule is CCO[Si](C)(CCCN(c1ccccc1)[Si](C(C)C)(C(C)C)C(C)C)OCC. The minimum absolute atomic E-state index is 0.690. The Hall–Kier alpha value is -0.626. The summed E-state index contributed by atoms with van der Waals surface area (Å²) in [6.07, 6.45) is 1.12. The highest BCUT2D eigenvalue weighted by atomic mass is 28.4. The van der Waals surface area contributed by atoms with E-state index in [1.165, 1.54) is 5.69 Å². The molecule has 5 heteroatoms. The van der Waals surface area contributed by atoms with Gasteiger partial charge in [-0.3, -0.25) is 0 Å². The second-order valence-corrected chi connectivity index (χ2v) is 18.1. The Kier molecular flexibility index (Phi) is 10.5. The van der Waals surface area contributed by atoms with Crippen molar-refractivity contribution in [2.45, 2.75) is 91.0 Å². The van der Waals surface area contributed by atoms with Gasteiger partial charge in [-0.05, 0) is 61.6 Å². The quantitative estimate of drug-likeness (QED) is 0.313. The van der Waals surface area contributed by atoms with Gasteiger partial charge in [0.15, 0.2) is 8.24 Å². The molecule has 0 heterocycles. The van der Waals surface area contributed by atoms with Crippen LogP contribution in [0.2, 0.25) is 29.2 Å². The van der Waals surface area contributed by atoms with Crippen molar-refractivity contribution in [1.29, 1.82) is 0 Å². The lowest BCUT2D eigenvalue weighted by atomic mass is 10.3. The maximum atomic E-state index is 6.09. The van der Waals surface area contributed by atoms with Crippen molar-refractivity contribution in [3.05, 3.63) is 30.3 Å². The zero-order valence-corrected chi connectivity index (χ0v) is 21.9. The highest BCUT2D eigenvalue weighted by Crippen LogP contribution is 2.46. The second kappa shape index (κ2) is 11.5. The van der Waals surface area contributed by atoms with E-state index < -0.39 is 16.8 Å². The lowest BCUT2D eigenvalue weighted by Gasteiger charge is -2.52. The van der Waals surface area contributed by atoms with Crippen LogP contribution in [0.15, 0.2) is 30.3 Å². The number of hydrogen-bond acceptors (Lipinski definition) is 3. The summed E-state index contributed by atoms with van der Waals surface area (Å²) in [5.74, 6) is 0. The summed E-state index contributed by atoms with van der Waals surface area (Å²) in [5, 5.41) is 0. The van der Waals surface area contributed by atoms with Crippen LogP contribution in [0, 0.1) is 0 Å². The Balaban J connectivity index is 3.20. The van der Waals surface area contributed by atoms with E-state index in [4.69, 9.17) is 8.85 Å². The molecule has 0 aliphatic heterocycles. The van der Waals surface area contributed by atoms with Crippen molar-refractivity contribution in [3.63, 3.8) is 0 Å². The first-order valence-corrected chi connectivity index (χ1v) is 16.0. The van der Waals surface area contributed by atoms with Gasteiger partial charge in [-0.15, -0.1) is 0 Å². The number of hydrogen-bond donors (Lipinski definition) is 0. The topological polar surface area (TPSA) is 21.7 Å². The number of anilines is 1. The molecule has 0 saturated carbocycles. The monoisotopic (exact) mass is 423 g/mol. The molecule has 28 heavy (non-hydrogen) atoms. The number of nitrogens with zero attached hydrogens (tertiary/aromatic N) is 1. The van der Waals surface area contributed by atoms with Crippen LogP contribution in [0.4, 0.5) is 5.69 Å². The average Bonchev–Trinajstić information content (AvgIpc) is 2.61. The Bertz CT molecular complexity index is 521. The molecule has 162 valence electrons. The fourth-order valence-corrected chi connectivity index (χ4v) is 14.8. The molecule has 0 fully saturated rings. The van der Waals surface area contributed by atoms with E-state index in [0.29, 0.717) is 16.6 Å². The smallest absolute Gasteiger partial charge is 0.334 e. The predicted octanol–water partition coefficient (Wildman–Crippen LogP) is 7.20. The normalized spacial score (nSPS) is 13.0. The Morgan fingerprint density at radius 3 is 1.68 bits per heavy atom. The van der Waals surface area contributed by atoms with Gasteiger partial charge in [-0.25, -0.2) is 0 Å². The molecular weight excluding hydrogens is 378 g/mol. The molecule has 0 spiro atoms. The highest BCUT2D eigenvalue weighted by molar-refractivity contribution is 6.86. The van der Waals surface area contributed by atoms with Crippen molar-refractivity contribution in [1.82, 2.24) is 0 Å². The fourth-order valence-electron chi connectivity index (χ4n) is 5.44. The average molecular weight is 424 g/mol. The lowest BCUT2D eigenvalue weighted by Crippen LogP contribution is -2.61. The van der Waals surface area contributed by atoms with E-state index in [9.17, 15) is 0 Å². The van der Waals surface area contributed by atoms with Crippen LogP contribution in [-0.2, 0) is 8.85 Å². The van der Waals surface area contributed by atoms with Crippen LogP contribution in [0.5, 0.6) is 0 Å². The van der Waals surface area contributed by atoms with E-state index in [2.05, 4.69) is 96.8 Å². The van der Waals surface area contributed by atoms with Crippen LogP contribution < -0.4 is 4.57 Å². The molecule has 0 aliphatic carbocycles. The molecule has 0 aliphatic rings. The summed E-state index contributed by atoms with van der Waals surface area (Å²) < 4.78 is 15.0. The third-order valence-electron chi connectivity index (χ3n) is 6.22. The highest BCUT2D eigenvalue weighted by Gasteiger charge is 2.48. The van der Waals surface area contributed by atoms with Gasteiger partial charge in [-0.1, -0.05) is 59.7 Å². The maximum absolute atomic E-state index is 6.09. The Labute approximate surface area is 177 Å². The van der Waals surface area contributed by atoms with Crippen molar-refractivity contribution in [2.24, 2.45) is 0 Å². The lowest BCUT2D eigenvalue weighted by molar-refractivity contribution is 0.188. The molecule has 0 aromatic heterocycles. The zero-order valence-electron chi connectivity index (χ0n) is 19.9. The molecule has 0 bridgehead atoms. The largest absolute Gasteiger partial charge is 0.396 e. The van der Waals surface area contributed by atoms with E-state index >= 15 is 0 Å². The third kappa shape index (κ3) is 5.94. The molecular formula is C23H45NO2Si2. The summed E-state index contributed by atoms with van der Waals surface area (Å²) in [6.45, 7) is 23.6. The van der Waals surface area contributed by atoms with E-state index in [1.807, 2.05) is 0 Å². The maximum Gasteiger partial charge on any atom is 0.334 e. The number of rotatable bonds is 13. The Morgan fingerprint density at radius 2 is 1.29 bits per heavy atom. The van der Waals surface area contributed by atoms with Crippen molar-refractivity contribution in [2.75, 3.05) is 24.3 Å². The van der Waals surface area contributed by atoms with Crippen molar-refractivity contribution in [3.8, 4) is 0 Å². The molecule has 1 rings (SSSR count). The van der Waals surface area contributed by atoms with Gasteiger partial charge >= 0.3 is 8.56 Å². The van der Waals surface area contributed by atoms with E-state index in [-0.39, 0.29) is 0 Å². The summed E-state index contributed by atoms with van der Waals surface area (Å²) in [5.41, 5.74) is 3.46. The summed E-state index contributed by atoms with van der Waals surface area (Å²) >= 11 is 0. The first kappa shape index (κ1) is 25.4. The Morgan fingerprint density at radius 1 is 0.821 bits per heavy atom. The second-order valence-electron chi connectivity index (χ2n) is 8.94. The molecule has 0 N–H and O–H groups in total. The standard InChI is InChI=1S/C23H45NO2Si2/c1-10-25-27(9,26-11-2)19-15-18-24(23-16-13-12-14-17-23)28(20(3)4,21(5)6)22(7)8/h12-14,16-17,20-22H,10-11,15,18-19H2,1-9H3. The van der Waals surface area contributed by atoms with Gasteiger partial charge < -0.3 is 13.4 Å². The number of para-hydroxylation sites is 1. The van der Waals surface area contributed by atoms with Gasteiger partial charge in [0.25, 0.3) is 0 Å². The van der Waals surface area contributed by atoms with Crippen LogP contribution in [0.1, 0.15) is 61.8 Å². The third-order valence-corrected chi connectivity index (χ3v) is 16.2. The minimum atomic E-state index is -2.07. The van der Waals surface area contributed by atoms with Crippen molar-refractivity contribution >= 4 is 22.5 Å². The fraction of sp³-hybridized carbons (Fsp3) is 0.739. The van der Waals surface area contributed by atoms with Gasteiger partial charge in [0.2, 0.25) is 0 Å². The van der Waals surface area contributed by atoms with Crippen molar-refractivity contribution < 1.29 is 8.85 Å². The molecule has 0 amide bonds.